The van der Waals surface area contributed by atoms with Crippen molar-refractivity contribution in [1.82, 2.24) is 0 Å². The van der Waals surface area contributed by atoms with E-state index in [9.17, 15) is 5.11 Å². The Bertz CT molecular complexity index is 958. The lowest BCUT2D eigenvalue weighted by Gasteiger charge is -2.17. The van der Waals surface area contributed by atoms with Gasteiger partial charge in [-0.1, -0.05) is 40.9 Å². The predicted octanol–water partition coefficient (Wildman–Crippen LogP) is 6.94. The van der Waals surface area contributed by atoms with E-state index in [4.69, 9.17) is 44.3 Å². The molecule has 0 aliphatic carbocycles. The lowest BCUT2D eigenvalue weighted by molar-refractivity contribution is 0.269. The van der Waals surface area contributed by atoms with Crippen LogP contribution in [0.3, 0.4) is 0 Å². The molecule has 0 aromatic heterocycles. The fourth-order valence-electron chi connectivity index (χ4n) is 2.72. The van der Waals surface area contributed by atoms with Gasteiger partial charge in [-0.2, -0.15) is 0 Å². The average molecular weight is 453 g/mol. The molecule has 0 fully saturated rings. The molecule has 0 aliphatic rings. The zero-order valence-corrected chi connectivity index (χ0v) is 18.0. The third-order valence-electron chi connectivity index (χ3n) is 4.16. The molecule has 7 heteroatoms. The number of hydrogen-bond donors (Lipinski definition) is 2. The van der Waals surface area contributed by atoms with Crippen molar-refractivity contribution in [2.24, 2.45) is 0 Å². The van der Waals surface area contributed by atoms with Crippen molar-refractivity contribution in [2.75, 3.05) is 11.9 Å². The van der Waals surface area contributed by atoms with Gasteiger partial charge >= 0.3 is 0 Å². The molecule has 3 aromatic carbocycles. The molecular formula is C22H20Cl3NO3. The van der Waals surface area contributed by atoms with Crippen LogP contribution in [0.15, 0.2) is 54.6 Å². The van der Waals surface area contributed by atoms with E-state index in [0.717, 1.165) is 11.3 Å². The van der Waals surface area contributed by atoms with Gasteiger partial charge in [0.1, 0.15) is 12.4 Å². The fraction of sp³-hybridized carbons (Fsp3) is 0.182. The molecule has 2 N–H and O–H groups in total. The molecule has 3 aromatic rings. The van der Waals surface area contributed by atoms with Crippen LogP contribution < -0.4 is 14.8 Å². The molecule has 0 heterocycles. The van der Waals surface area contributed by atoms with Crippen LogP contribution >= 0.6 is 34.8 Å². The number of nitrogens with one attached hydrogen (secondary N) is 1. The Labute approximate surface area is 184 Å². The Morgan fingerprint density at radius 2 is 1.59 bits per heavy atom. The lowest BCUT2D eigenvalue weighted by Crippen LogP contribution is -2.04. The number of anilines is 1. The van der Waals surface area contributed by atoms with Gasteiger partial charge in [-0.3, -0.25) is 0 Å². The summed E-state index contributed by atoms with van der Waals surface area (Å²) in [4.78, 5) is 0. The Balaban J connectivity index is 1.77. The number of phenolic OH excluding ortho intramolecular Hbond substituents is 1. The first kappa shape index (κ1) is 21.4. The van der Waals surface area contributed by atoms with Crippen molar-refractivity contribution in [1.29, 1.82) is 0 Å². The highest BCUT2D eigenvalue weighted by Crippen LogP contribution is 2.38. The van der Waals surface area contributed by atoms with Crippen molar-refractivity contribution in [3.63, 3.8) is 0 Å². The van der Waals surface area contributed by atoms with Gasteiger partial charge in [0.2, 0.25) is 0 Å². The van der Waals surface area contributed by atoms with E-state index in [1.54, 1.807) is 42.5 Å². The van der Waals surface area contributed by atoms with Crippen molar-refractivity contribution in [3.8, 4) is 17.2 Å². The summed E-state index contributed by atoms with van der Waals surface area (Å²) in [5.41, 5.74) is 2.49. The molecule has 0 aliphatic heterocycles. The van der Waals surface area contributed by atoms with Gasteiger partial charge in [0.15, 0.2) is 11.5 Å². The quantitative estimate of drug-likeness (QED) is 0.363. The maximum atomic E-state index is 9.38. The fourth-order valence-corrected chi connectivity index (χ4v) is 3.52. The summed E-state index contributed by atoms with van der Waals surface area (Å²) in [5, 5.41) is 14.1. The zero-order chi connectivity index (χ0) is 20.8. The lowest BCUT2D eigenvalue weighted by atomic mass is 10.2. The van der Waals surface area contributed by atoms with E-state index < -0.39 is 0 Å². The normalized spacial score (nSPS) is 10.6. The second-order valence-electron chi connectivity index (χ2n) is 6.23. The SMILES string of the molecule is CCOc1cc(CNc2ccc(O)cc2)cc(Cl)c1OCc1c(Cl)cccc1Cl. The van der Waals surface area contributed by atoms with Crippen LogP contribution in [0.1, 0.15) is 18.1 Å². The summed E-state index contributed by atoms with van der Waals surface area (Å²) in [5.74, 6) is 1.21. The number of phenols is 1. The number of aromatic hydroxyl groups is 1. The summed E-state index contributed by atoms with van der Waals surface area (Å²) >= 11 is 18.9. The molecular weight excluding hydrogens is 433 g/mol. The molecule has 0 spiro atoms. The van der Waals surface area contributed by atoms with E-state index in [2.05, 4.69) is 5.32 Å². The molecule has 0 atom stereocenters. The highest BCUT2D eigenvalue weighted by atomic mass is 35.5. The second-order valence-corrected chi connectivity index (χ2v) is 7.45. The van der Waals surface area contributed by atoms with Crippen LogP contribution in [0.5, 0.6) is 17.2 Å². The predicted molar refractivity (Wildman–Crippen MR) is 119 cm³/mol. The minimum absolute atomic E-state index is 0.170. The van der Waals surface area contributed by atoms with E-state index in [1.165, 1.54) is 0 Å². The van der Waals surface area contributed by atoms with Crippen LogP contribution in [-0.2, 0) is 13.2 Å². The van der Waals surface area contributed by atoms with Gasteiger partial charge < -0.3 is 19.9 Å². The molecule has 0 bridgehead atoms. The van der Waals surface area contributed by atoms with Gasteiger partial charge in [0.25, 0.3) is 0 Å². The first-order valence-electron chi connectivity index (χ1n) is 9.01. The summed E-state index contributed by atoms with van der Waals surface area (Å²) < 4.78 is 11.7. The largest absolute Gasteiger partial charge is 0.508 e. The van der Waals surface area contributed by atoms with Crippen LogP contribution in [0, 0.1) is 0 Å². The van der Waals surface area contributed by atoms with Crippen LogP contribution in [0.25, 0.3) is 0 Å². The monoisotopic (exact) mass is 451 g/mol. The number of benzene rings is 3. The minimum atomic E-state index is 0.170. The molecule has 0 saturated heterocycles. The molecule has 0 amide bonds. The van der Waals surface area contributed by atoms with E-state index in [0.29, 0.717) is 45.3 Å². The molecule has 4 nitrogen and oxygen atoms in total. The van der Waals surface area contributed by atoms with Gasteiger partial charge in [0.05, 0.1) is 11.6 Å². The smallest absolute Gasteiger partial charge is 0.180 e. The standard InChI is InChI=1S/C22H20Cl3NO3/c1-2-28-21-11-14(12-26-15-6-8-16(27)9-7-15)10-20(25)22(21)29-13-17-18(23)4-3-5-19(17)24/h3-11,26-27H,2,12-13H2,1H3. The average Bonchev–Trinajstić information content (AvgIpc) is 2.69. The Morgan fingerprint density at radius 3 is 2.24 bits per heavy atom. The first-order chi connectivity index (χ1) is 14.0. The number of rotatable bonds is 8. The Hall–Kier alpha value is -2.27. The minimum Gasteiger partial charge on any atom is -0.508 e. The molecule has 0 saturated carbocycles. The summed E-state index contributed by atoms with van der Waals surface area (Å²) in [6, 6.07) is 15.8. The summed E-state index contributed by atoms with van der Waals surface area (Å²) in [7, 11) is 0. The topological polar surface area (TPSA) is 50.7 Å². The van der Waals surface area contributed by atoms with Gasteiger partial charge in [-0.25, -0.2) is 0 Å². The molecule has 29 heavy (non-hydrogen) atoms. The van der Waals surface area contributed by atoms with E-state index in [-0.39, 0.29) is 12.4 Å². The number of halogens is 3. The molecule has 0 radical (unpaired) electrons. The maximum absolute atomic E-state index is 9.38. The van der Waals surface area contributed by atoms with Crippen molar-refractivity contribution < 1.29 is 14.6 Å². The van der Waals surface area contributed by atoms with E-state index >= 15 is 0 Å². The van der Waals surface area contributed by atoms with Crippen molar-refractivity contribution >= 4 is 40.5 Å². The highest BCUT2D eigenvalue weighted by molar-refractivity contribution is 6.36. The third-order valence-corrected chi connectivity index (χ3v) is 5.14. The maximum Gasteiger partial charge on any atom is 0.180 e. The first-order valence-corrected chi connectivity index (χ1v) is 10.1. The summed E-state index contributed by atoms with van der Waals surface area (Å²) in [6.45, 7) is 3.06. The van der Waals surface area contributed by atoms with Crippen LogP contribution in [-0.4, -0.2) is 11.7 Å². The van der Waals surface area contributed by atoms with Gasteiger partial charge in [-0.15, -0.1) is 0 Å². The van der Waals surface area contributed by atoms with Gasteiger partial charge in [-0.05, 0) is 61.0 Å². The zero-order valence-electron chi connectivity index (χ0n) is 15.7. The Kier molecular flexibility index (Phi) is 7.37. The van der Waals surface area contributed by atoms with Gasteiger partial charge in [0, 0.05) is 27.8 Å². The van der Waals surface area contributed by atoms with Crippen molar-refractivity contribution in [3.05, 3.63) is 80.8 Å². The Morgan fingerprint density at radius 1 is 0.897 bits per heavy atom. The van der Waals surface area contributed by atoms with Crippen molar-refractivity contribution in [2.45, 2.75) is 20.1 Å². The van der Waals surface area contributed by atoms with Crippen LogP contribution in [0.2, 0.25) is 15.1 Å². The highest BCUT2D eigenvalue weighted by Gasteiger charge is 2.15. The summed E-state index contributed by atoms with van der Waals surface area (Å²) in [6.07, 6.45) is 0. The molecule has 152 valence electrons. The second kappa shape index (κ2) is 9.97. The van der Waals surface area contributed by atoms with Crippen LogP contribution in [0.4, 0.5) is 5.69 Å². The van der Waals surface area contributed by atoms with E-state index in [1.807, 2.05) is 19.1 Å². The molecule has 3 rings (SSSR count). The molecule has 0 unspecified atom stereocenters. The number of ether oxygens (including phenoxy) is 2. The number of hydrogen-bond acceptors (Lipinski definition) is 4. The third kappa shape index (κ3) is 5.63.